The van der Waals surface area contributed by atoms with Crippen LogP contribution < -0.4 is 0 Å². The van der Waals surface area contributed by atoms with Gasteiger partial charge in [0.1, 0.15) is 0 Å². The summed E-state index contributed by atoms with van der Waals surface area (Å²) in [7, 11) is 1.42. The standard InChI is InChI=1S/C13H21NO3/c1-4-12(15)10(2)14-7-5-11(6-8-14)9-13(16)17-3/h11H,2,4-9H2,1,3H3. The van der Waals surface area contributed by atoms with Crippen molar-refractivity contribution in [2.45, 2.75) is 32.6 Å². The molecule has 0 spiro atoms. The molecule has 96 valence electrons. The van der Waals surface area contributed by atoms with Crippen molar-refractivity contribution in [2.24, 2.45) is 5.92 Å². The van der Waals surface area contributed by atoms with Crippen LogP contribution in [0, 0.1) is 5.92 Å². The minimum absolute atomic E-state index is 0.108. The zero-order valence-electron chi connectivity index (χ0n) is 10.7. The molecule has 0 atom stereocenters. The van der Waals surface area contributed by atoms with Gasteiger partial charge in [0.15, 0.2) is 5.78 Å². The van der Waals surface area contributed by atoms with Crippen LogP contribution in [0.15, 0.2) is 12.3 Å². The zero-order valence-corrected chi connectivity index (χ0v) is 10.7. The lowest BCUT2D eigenvalue weighted by Crippen LogP contribution is -2.35. The zero-order chi connectivity index (χ0) is 12.8. The Kier molecular flexibility index (Phi) is 5.19. The second-order valence-corrected chi connectivity index (χ2v) is 4.43. The third-order valence-electron chi connectivity index (χ3n) is 3.32. The number of carbonyl (C=O) groups excluding carboxylic acids is 2. The molecule has 0 aromatic heterocycles. The summed E-state index contributed by atoms with van der Waals surface area (Å²) in [5.74, 6) is 0.339. The Morgan fingerprint density at radius 3 is 2.41 bits per heavy atom. The van der Waals surface area contributed by atoms with Crippen LogP contribution >= 0.6 is 0 Å². The number of piperidine rings is 1. The quantitative estimate of drug-likeness (QED) is 0.541. The number of allylic oxidation sites excluding steroid dienone is 1. The third kappa shape index (κ3) is 3.88. The number of methoxy groups -OCH3 is 1. The lowest BCUT2D eigenvalue weighted by Gasteiger charge is -2.33. The van der Waals surface area contributed by atoms with Crippen LogP contribution in [0.1, 0.15) is 32.6 Å². The monoisotopic (exact) mass is 239 g/mol. The topological polar surface area (TPSA) is 46.6 Å². The minimum atomic E-state index is -0.146. The predicted molar refractivity (Wildman–Crippen MR) is 65.4 cm³/mol. The Balaban J connectivity index is 2.38. The normalized spacial score (nSPS) is 16.7. The van der Waals surface area contributed by atoms with E-state index in [0.29, 0.717) is 24.5 Å². The fraction of sp³-hybridized carbons (Fsp3) is 0.692. The van der Waals surface area contributed by atoms with Crippen molar-refractivity contribution in [1.29, 1.82) is 0 Å². The van der Waals surface area contributed by atoms with Crippen molar-refractivity contribution in [3.05, 3.63) is 12.3 Å². The Bertz CT molecular complexity index is 304. The van der Waals surface area contributed by atoms with Gasteiger partial charge in [-0.1, -0.05) is 13.5 Å². The van der Waals surface area contributed by atoms with E-state index in [9.17, 15) is 9.59 Å². The van der Waals surface area contributed by atoms with Gasteiger partial charge in [0, 0.05) is 25.9 Å². The smallest absolute Gasteiger partial charge is 0.305 e. The second-order valence-electron chi connectivity index (χ2n) is 4.43. The van der Waals surface area contributed by atoms with E-state index in [-0.39, 0.29) is 11.8 Å². The molecule has 4 heteroatoms. The van der Waals surface area contributed by atoms with Gasteiger partial charge in [-0.2, -0.15) is 0 Å². The van der Waals surface area contributed by atoms with Crippen LogP contribution in [0.25, 0.3) is 0 Å². The maximum absolute atomic E-state index is 11.5. The first-order chi connectivity index (χ1) is 8.08. The highest BCUT2D eigenvalue weighted by atomic mass is 16.5. The lowest BCUT2D eigenvalue weighted by atomic mass is 9.93. The average molecular weight is 239 g/mol. The van der Waals surface area contributed by atoms with Crippen molar-refractivity contribution in [3.8, 4) is 0 Å². The van der Waals surface area contributed by atoms with Crippen molar-refractivity contribution in [2.75, 3.05) is 20.2 Å². The molecule has 17 heavy (non-hydrogen) atoms. The van der Waals surface area contributed by atoms with Crippen molar-refractivity contribution < 1.29 is 14.3 Å². The van der Waals surface area contributed by atoms with E-state index in [0.717, 1.165) is 25.9 Å². The molecule has 1 saturated heterocycles. The number of ketones is 1. The van der Waals surface area contributed by atoms with Crippen molar-refractivity contribution in [1.82, 2.24) is 4.90 Å². The summed E-state index contributed by atoms with van der Waals surface area (Å²) in [5.41, 5.74) is 0.615. The summed E-state index contributed by atoms with van der Waals surface area (Å²) < 4.78 is 4.66. The molecule has 0 amide bonds. The van der Waals surface area contributed by atoms with Crippen LogP contribution in [-0.2, 0) is 14.3 Å². The first-order valence-corrected chi connectivity index (χ1v) is 6.12. The lowest BCUT2D eigenvalue weighted by molar-refractivity contribution is -0.142. The summed E-state index contributed by atoms with van der Waals surface area (Å²) in [6.07, 6.45) is 2.83. The van der Waals surface area contributed by atoms with Gasteiger partial charge in [0.2, 0.25) is 0 Å². The average Bonchev–Trinajstić information content (AvgIpc) is 2.37. The molecular weight excluding hydrogens is 218 g/mol. The van der Waals surface area contributed by atoms with Crippen LogP contribution in [-0.4, -0.2) is 36.9 Å². The van der Waals surface area contributed by atoms with E-state index in [1.54, 1.807) is 0 Å². The Hall–Kier alpha value is -1.32. The highest BCUT2D eigenvalue weighted by molar-refractivity contribution is 5.93. The Morgan fingerprint density at radius 1 is 1.35 bits per heavy atom. The Morgan fingerprint density at radius 2 is 1.94 bits per heavy atom. The minimum Gasteiger partial charge on any atom is -0.469 e. The molecule has 0 aliphatic carbocycles. The summed E-state index contributed by atoms with van der Waals surface area (Å²) >= 11 is 0. The molecular formula is C13H21NO3. The SMILES string of the molecule is C=C(C(=O)CC)N1CCC(CC(=O)OC)CC1. The molecule has 0 radical (unpaired) electrons. The van der Waals surface area contributed by atoms with Crippen LogP contribution in [0.3, 0.4) is 0 Å². The summed E-state index contributed by atoms with van der Waals surface area (Å²) in [5, 5.41) is 0. The molecule has 0 aromatic carbocycles. The largest absolute Gasteiger partial charge is 0.469 e. The van der Waals surface area contributed by atoms with E-state index < -0.39 is 0 Å². The highest BCUT2D eigenvalue weighted by Gasteiger charge is 2.23. The molecule has 4 nitrogen and oxygen atoms in total. The molecule has 1 heterocycles. The maximum Gasteiger partial charge on any atom is 0.305 e. The van der Waals surface area contributed by atoms with Crippen LogP contribution in [0.4, 0.5) is 0 Å². The molecule has 1 fully saturated rings. The van der Waals surface area contributed by atoms with Gasteiger partial charge in [-0.3, -0.25) is 9.59 Å². The van der Waals surface area contributed by atoms with Crippen LogP contribution in [0.5, 0.6) is 0 Å². The molecule has 0 unspecified atom stereocenters. The van der Waals surface area contributed by atoms with Crippen molar-refractivity contribution in [3.63, 3.8) is 0 Å². The molecule has 0 saturated carbocycles. The number of carbonyl (C=O) groups is 2. The fourth-order valence-electron chi connectivity index (χ4n) is 2.11. The molecule has 0 N–H and O–H groups in total. The maximum atomic E-state index is 11.5. The number of hydrogen-bond donors (Lipinski definition) is 0. The second kappa shape index (κ2) is 6.42. The highest BCUT2D eigenvalue weighted by Crippen LogP contribution is 2.23. The van der Waals surface area contributed by atoms with Crippen molar-refractivity contribution >= 4 is 11.8 Å². The van der Waals surface area contributed by atoms with E-state index in [4.69, 9.17) is 0 Å². The van der Waals surface area contributed by atoms with Gasteiger partial charge in [0.25, 0.3) is 0 Å². The number of likely N-dealkylation sites (tertiary alicyclic amines) is 1. The van der Waals surface area contributed by atoms with E-state index >= 15 is 0 Å². The van der Waals surface area contributed by atoms with E-state index in [1.807, 2.05) is 11.8 Å². The first-order valence-electron chi connectivity index (χ1n) is 6.12. The van der Waals surface area contributed by atoms with Crippen LogP contribution in [0.2, 0.25) is 0 Å². The number of Topliss-reactive ketones (excluding diaryl/α,β-unsaturated/α-hetero) is 1. The van der Waals surface area contributed by atoms with Gasteiger partial charge < -0.3 is 9.64 Å². The van der Waals surface area contributed by atoms with Gasteiger partial charge in [-0.15, -0.1) is 0 Å². The Labute approximate surface area is 103 Å². The predicted octanol–water partition coefficient (Wildman–Crippen LogP) is 1.75. The molecule has 1 aliphatic rings. The third-order valence-corrected chi connectivity index (χ3v) is 3.32. The molecule has 0 bridgehead atoms. The number of rotatable bonds is 5. The van der Waals surface area contributed by atoms with E-state index in [2.05, 4.69) is 11.3 Å². The number of ether oxygens (including phenoxy) is 1. The number of esters is 1. The summed E-state index contributed by atoms with van der Waals surface area (Å²) in [6, 6.07) is 0. The number of nitrogens with zero attached hydrogens (tertiary/aromatic N) is 1. The molecule has 1 aliphatic heterocycles. The first kappa shape index (κ1) is 13.7. The number of hydrogen-bond acceptors (Lipinski definition) is 4. The fourth-order valence-corrected chi connectivity index (χ4v) is 2.11. The summed E-state index contributed by atoms with van der Waals surface area (Å²) in [4.78, 5) is 24.7. The summed E-state index contributed by atoms with van der Waals surface area (Å²) in [6.45, 7) is 7.30. The molecule has 1 rings (SSSR count). The van der Waals surface area contributed by atoms with Gasteiger partial charge in [0.05, 0.1) is 12.8 Å². The van der Waals surface area contributed by atoms with Gasteiger partial charge in [-0.25, -0.2) is 0 Å². The molecule has 0 aromatic rings. The van der Waals surface area contributed by atoms with Gasteiger partial charge in [-0.05, 0) is 18.8 Å². The van der Waals surface area contributed by atoms with E-state index in [1.165, 1.54) is 7.11 Å². The van der Waals surface area contributed by atoms with Gasteiger partial charge >= 0.3 is 5.97 Å².